The first-order valence-electron chi connectivity index (χ1n) is 12.4. The molecule has 0 saturated heterocycles. The molecule has 0 aromatic heterocycles. The van der Waals surface area contributed by atoms with Crippen LogP contribution in [-0.2, 0) is 0 Å². The summed E-state index contributed by atoms with van der Waals surface area (Å²) in [7, 11) is 6.33. The van der Waals surface area contributed by atoms with Gasteiger partial charge in [0.1, 0.15) is 11.4 Å². The maximum Gasteiger partial charge on any atom is 0.253 e. The van der Waals surface area contributed by atoms with Gasteiger partial charge >= 0.3 is 0 Å². The monoisotopic (exact) mass is 422 g/mol. The second-order valence-corrected chi connectivity index (χ2v) is 10.1. The second kappa shape index (κ2) is 14.6. The Morgan fingerprint density at radius 3 is 1.70 bits per heavy atom. The molecule has 2 N–H and O–H groups in total. The van der Waals surface area contributed by atoms with Crippen molar-refractivity contribution in [3.8, 4) is 0 Å². The molecule has 0 aliphatic heterocycles. The largest absolute Gasteiger partial charge is 0.378 e. The zero-order valence-electron chi connectivity index (χ0n) is 20.4. The van der Waals surface area contributed by atoms with Crippen LogP contribution in [0.4, 0.5) is 11.4 Å². The molecule has 0 bridgehead atoms. The Hall–Kier alpha value is -1.36. The third-order valence-electron chi connectivity index (χ3n) is 5.88. The minimum Gasteiger partial charge on any atom is -0.378 e. The molecule has 174 valence electrons. The lowest BCUT2D eigenvalue weighted by Gasteiger charge is -2.25. The maximum atomic E-state index is 11.9. The van der Waals surface area contributed by atoms with Crippen molar-refractivity contribution in [2.24, 2.45) is 0 Å². The first kappa shape index (κ1) is 26.7. The molecule has 1 atom stereocenters. The van der Waals surface area contributed by atoms with E-state index in [0.29, 0.717) is 17.9 Å². The van der Waals surface area contributed by atoms with E-state index in [1.165, 1.54) is 77.0 Å². The van der Waals surface area contributed by atoms with Gasteiger partial charge in [0.2, 0.25) is 0 Å². The molecule has 0 fully saturated rings. The van der Waals surface area contributed by atoms with Crippen LogP contribution >= 0.6 is 0 Å². The number of nitrogens with zero attached hydrogens (tertiary/aromatic N) is 1. The first-order chi connectivity index (χ1) is 14.3. The highest BCUT2D eigenvalue weighted by Crippen LogP contribution is 2.18. The molecule has 0 heterocycles. The van der Waals surface area contributed by atoms with Gasteiger partial charge in [-0.15, -0.1) is 0 Å². The minimum absolute atomic E-state index is 0.218. The van der Waals surface area contributed by atoms with E-state index < -0.39 is 0 Å². The van der Waals surface area contributed by atoms with Gasteiger partial charge in [-0.05, 0) is 13.3 Å². The molecule has 0 radical (unpaired) electrons. The Labute approximate surface area is 184 Å². The van der Waals surface area contributed by atoms with E-state index in [1.807, 2.05) is 0 Å². The molecule has 5 nitrogen and oxygen atoms in total. The predicted octanol–water partition coefficient (Wildman–Crippen LogP) is 5.29. The summed E-state index contributed by atoms with van der Waals surface area (Å²) in [4.78, 5) is 23.8. The van der Waals surface area contributed by atoms with Gasteiger partial charge in [0.05, 0.1) is 34.2 Å². The zero-order chi connectivity index (χ0) is 22.4. The van der Waals surface area contributed by atoms with Crippen LogP contribution < -0.4 is 21.5 Å². The fraction of sp³-hybridized carbons (Fsp3) is 0.840. The maximum absolute atomic E-state index is 11.9. The molecule has 0 aliphatic rings. The molecule has 5 heteroatoms. The Kier molecular flexibility index (Phi) is 13.0. The molecule has 0 amide bonds. The average molecular weight is 423 g/mol. The van der Waals surface area contributed by atoms with Gasteiger partial charge < -0.3 is 15.1 Å². The van der Waals surface area contributed by atoms with Gasteiger partial charge in [0.15, 0.2) is 0 Å². The normalized spacial score (nSPS) is 13.0. The standard InChI is InChI=1S/C25H47N3O2/c1-6-7-8-9-10-11-12-13-14-15-16-17-18-21(2)27-23-22(24(29)25(23)30)26-19-20-28(3,4)5/h21H,6-20H2,1-5H3,(H-,26,27,29,30)/p+1. The lowest BCUT2D eigenvalue weighted by atomic mass is 10.0. The van der Waals surface area contributed by atoms with Crippen molar-refractivity contribution >= 4 is 11.4 Å². The van der Waals surface area contributed by atoms with Crippen LogP contribution in [0.5, 0.6) is 0 Å². The number of quaternary nitrogens is 1. The number of hydrogen-bond donors (Lipinski definition) is 2. The van der Waals surface area contributed by atoms with Crippen LogP contribution in [-0.4, -0.2) is 44.8 Å². The number of nitrogens with one attached hydrogen (secondary N) is 2. The van der Waals surface area contributed by atoms with Gasteiger partial charge in [-0.3, -0.25) is 9.59 Å². The van der Waals surface area contributed by atoms with Crippen LogP contribution in [0.2, 0.25) is 0 Å². The smallest absolute Gasteiger partial charge is 0.253 e. The lowest BCUT2D eigenvalue weighted by molar-refractivity contribution is -0.868. The van der Waals surface area contributed by atoms with E-state index in [9.17, 15) is 9.59 Å². The summed E-state index contributed by atoms with van der Waals surface area (Å²) < 4.78 is 0.820. The molecular weight excluding hydrogens is 374 g/mol. The molecule has 1 rings (SSSR count). The molecule has 1 aromatic carbocycles. The van der Waals surface area contributed by atoms with E-state index in [0.717, 1.165) is 17.4 Å². The zero-order valence-corrected chi connectivity index (χ0v) is 20.4. The van der Waals surface area contributed by atoms with Gasteiger partial charge in [-0.1, -0.05) is 84.0 Å². The predicted molar refractivity (Wildman–Crippen MR) is 132 cm³/mol. The summed E-state index contributed by atoms with van der Waals surface area (Å²) >= 11 is 0. The summed E-state index contributed by atoms with van der Waals surface area (Å²) in [5.74, 6) is 0. The van der Waals surface area contributed by atoms with Crippen molar-refractivity contribution in [3.63, 3.8) is 0 Å². The Morgan fingerprint density at radius 1 is 0.733 bits per heavy atom. The third-order valence-corrected chi connectivity index (χ3v) is 5.88. The molecule has 1 unspecified atom stereocenters. The highest BCUT2D eigenvalue weighted by atomic mass is 16.2. The van der Waals surface area contributed by atoms with Crippen molar-refractivity contribution in [3.05, 3.63) is 20.4 Å². The number of unbranched alkanes of at least 4 members (excludes halogenated alkanes) is 11. The van der Waals surface area contributed by atoms with E-state index in [2.05, 4.69) is 45.6 Å². The number of hydrogen-bond acceptors (Lipinski definition) is 4. The van der Waals surface area contributed by atoms with Crippen molar-refractivity contribution in [1.82, 2.24) is 0 Å². The Bertz CT molecular complexity index is 642. The van der Waals surface area contributed by atoms with Crippen LogP contribution in [0.25, 0.3) is 0 Å². The van der Waals surface area contributed by atoms with Crippen LogP contribution in [0.3, 0.4) is 0 Å². The molecule has 0 saturated carbocycles. The molecule has 0 spiro atoms. The Morgan fingerprint density at radius 2 is 1.20 bits per heavy atom. The topological polar surface area (TPSA) is 58.2 Å². The van der Waals surface area contributed by atoms with Crippen molar-refractivity contribution in [2.45, 2.75) is 103 Å². The first-order valence-corrected chi connectivity index (χ1v) is 12.4. The highest BCUT2D eigenvalue weighted by Gasteiger charge is 2.22. The number of rotatable bonds is 19. The molecule has 30 heavy (non-hydrogen) atoms. The summed E-state index contributed by atoms with van der Waals surface area (Å²) in [6, 6.07) is 0.218. The van der Waals surface area contributed by atoms with Crippen molar-refractivity contribution in [2.75, 3.05) is 44.9 Å². The van der Waals surface area contributed by atoms with E-state index >= 15 is 0 Å². The van der Waals surface area contributed by atoms with Crippen molar-refractivity contribution in [1.29, 1.82) is 0 Å². The third kappa shape index (κ3) is 11.1. The lowest BCUT2D eigenvalue weighted by Crippen LogP contribution is -2.42. The fourth-order valence-electron chi connectivity index (χ4n) is 3.82. The van der Waals surface area contributed by atoms with Crippen LogP contribution in [0.1, 0.15) is 97.3 Å². The van der Waals surface area contributed by atoms with Gasteiger partial charge in [-0.2, -0.15) is 0 Å². The molecule has 0 aliphatic carbocycles. The highest BCUT2D eigenvalue weighted by molar-refractivity contribution is 5.74. The summed E-state index contributed by atoms with van der Waals surface area (Å²) in [5, 5.41) is 6.43. The fourth-order valence-corrected chi connectivity index (χ4v) is 3.82. The summed E-state index contributed by atoms with van der Waals surface area (Å²) in [6.07, 6.45) is 17.2. The molecule has 1 aromatic rings. The summed E-state index contributed by atoms with van der Waals surface area (Å²) in [6.45, 7) is 5.96. The molecular formula is C25H48N3O2+. The number of likely N-dealkylation sites (N-methyl/N-ethyl adjacent to an activating group) is 1. The second-order valence-electron chi connectivity index (χ2n) is 10.1. The van der Waals surface area contributed by atoms with E-state index in [1.54, 1.807) is 0 Å². The van der Waals surface area contributed by atoms with Crippen LogP contribution in [0.15, 0.2) is 9.59 Å². The quantitative estimate of drug-likeness (QED) is 0.181. The van der Waals surface area contributed by atoms with Crippen LogP contribution in [0, 0.1) is 0 Å². The Balaban J connectivity index is 2.11. The summed E-state index contributed by atoms with van der Waals surface area (Å²) in [5.41, 5.74) is 0.226. The minimum atomic E-state index is -0.378. The van der Waals surface area contributed by atoms with Gasteiger partial charge in [0.25, 0.3) is 10.9 Å². The SMILES string of the molecule is CCCCCCCCCCCCCCC(C)Nc1c(NCC[N+](C)(C)C)c(=O)c1=O. The van der Waals surface area contributed by atoms with Gasteiger partial charge in [0, 0.05) is 6.04 Å². The van der Waals surface area contributed by atoms with Gasteiger partial charge in [-0.25, -0.2) is 0 Å². The number of anilines is 2. The van der Waals surface area contributed by atoms with E-state index in [-0.39, 0.29) is 16.9 Å². The average Bonchev–Trinajstić information content (AvgIpc) is 2.69. The van der Waals surface area contributed by atoms with Crippen molar-refractivity contribution < 1.29 is 4.48 Å². The van der Waals surface area contributed by atoms with E-state index in [4.69, 9.17) is 0 Å².